The molecule has 20 heavy (non-hydrogen) atoms. The van der Waals surface area contributed by atoms with Crippen LogP contribution in [0.2, 0.25) is 0 Å². The van der Waals surface area contributed by atoms with Gasteiger partial charge in [0.15, 0.2) is 0 Å². The van der Waals surface area contributed by atoms with E-state index in [1.165, 1.54) is 44.9 Å². The first kappa shape index (κ1) is 16.3. The van der Waals surface area contributed by atoms with E-state index < -0.39 is 0 Å². The monoisotopic (exact) mass is 280 g/mol. The van der Waals surface area contributed by atoms with Gasteiger partial charge in [-0.2, -0.15) is 0 Å². The Bertz CT molecular complexity index is 294. The molecule has 118 valence electrons. The van der Waals surface area contributed by atoms with Crippen molar-refractivity contribution in [3.63, 3.8) is 0 Å². The average Bonchev–Trinajstić information content (AvgIpc) is 2.90. The molecule has 2 fully saturated rings. The maximum Gasteiger partial charge on any atom is 0.0359 e. The van der Waals surface area contributed by atoms with Gasteiger partial charge in [0, 0.05) is 11.6 Å². The molecule has 0 aromatic rings. The van der Waals surface area contributed by atoms with Crippen molar-refractivity contribution < 1.29 is 0 Å². The van der Waals surface area contributed by atoms with Gasteiger partial charge in [0.2, 0.25) is 0 Å². The summed E-state index contributed by atoms with van der Waals surface area (Å²) in [4.78, 5) is 2.55. The van der Waals surface area contributed by atoms with E-state index in [0.29, 0.717) is 11.6 Å². The zero-order chi connectivity index (χ0) is 14.8. The Labute approximate surface area is 126 Å². The summed E-state index contributed by atoms with van der Waals surface area (Å²) < 4.78 is 0. The first-order valence-corrected chi connectivity index (χ1v) is 8.92. The van der Waals surface area contributed by atoms with Gasteiger partial charge in [-0.25, -0.2) is 0 Å². The van der Waals surface area contributed by atoms with Gasteiger partial charge in [-0.05, 0) is 64.1 Å². The number of likely N-dealkylation sites (N-methyl/N-ethyl adjacent to an activating group) is 2. The molecule has 1 N–H and O–H groups in total. The third kappa shape index (κ3) is 3.06. The van der Waals surface area contributed by atoms with Crippen LogP contribution in [0.3, 0.4) is 0 Å². The maximum atomic E-state index is 3.91. The van der Waals surface area contributed by atoms with E-state index in [1.54, 1.807) is 0 Å². The summed E-state index contributed by atoms with van der Waals surface area (Å²) in [6, 6.07) is 0.694. The molecule has 2 rings (SSSR count). The summed E-state index contributed by atoms with van der Waals surface area (Å²) in [5.74, 6) is 2.70. The molecule has 2 heteroatoms. The van der Waals surface area contributed by atoms with Crippen molar-refractivity contribution in [3.05, 3.63) is 0 Å². The van der Waals surface area contributed by atoms with Gasteiger partial charge in [0.25, 0.3) is 0 Å². The summed E-state index contributed by atoms with van der Waals surface area (Å²) in [5, 5.41) is 3.91. The largest absolute Gasteiger partial charge is 0.312 e. The predicted octanol–water partition coefficient (Wildman–Crippen LogP) is 3.91. The van der Waals surface area contributed by atoms with Crippen LogP contribution in [-0.2, 0) is 0 Å². The summed E-state index contributed by atoms with van der Waals surface area (Å²) >= 11 is 0. The minimum absolute atomic E-state index is 0.418. The Kier molecular flexibility index (Phi) is 5.53. The topological polar surface area (TPSA) is 15.3 Å². The molecular formula is C18H36N2. The minimum atomic E-state index is 0.418. The number of nitrogens with one attached hydrogen (secondary N) is 1. The number of rotatable bonds is 5. The van der Waals surface area contributed by atoms with Crippen molar-refractivity contribution in [2.45, 2.75) is 77.3 Å². The lowest BCUT2D eigenvalue weighted by molar-refractivity contribution is 0.0461. The second kappa shape index (κ2) is 6.79. The zero-order valence-corrected chi connectivity index (χ0v) is 14.4. The van der Waals surface area contributed by atoms with Crippen LogP contribution in [0.25, 0.3) is 0 Å². The smallest absolute Gasteiger partial charge is 0.0359 e. The first-order chi connectivity index (χ1) is 9.51. The maximum absolute atomic E-state index is 3.91. The number of hydrogen-bond donors (Lipinski definition) is 1. The Morgan fingerprint density at radius 3 is 2.25 bits per heavy atom. The summed E-state index contributed by atoms with van der Waals surface area (Å²) in [5.41, 5.74) is 0.418. The van der Waals surface area contributed by atoms with E-state index in [-0.39, 0.29) is 0 Å². The van der Waals surface area contributed by atoms with Crippen molar-refractivity contribution in [2.24, 2.45) is 17.8 Å². The lowest BCUT2D eigenvalue weighted by atomic mass is 9.68. The third-order valence-corrected chi connectivity index (χ3v) is 6.47. The van der Waals surface area contributed by atoms with Crippen LogP contribution in [0.15, 0.2) is 0 Å². The Balaban J connectivity index is 2.17. The Morgan fingerprint density at radius 2 is 1.75 bits per heavy atom. The van der Waals surface area contributed by atoms with E-state index in [9.17, 15) is 0 Å². The van der Waals surface area contributed by atoms with E-state index >= 15 is 0 Å². The summed E-state index contributed by atoms with van der Waals surface area (Å²) in [6.45, 7) is 8.30. The summed E-state index contributed by atoms with van der Waals surface area (Å²) in [7, 11) is 4.62. The number of nitrogens with zero attached hydrogens (tertiary/aromatic N) is 1. The Hall–Kier alpha value is -0.0800. The van der Waals surface area contributed by atoms with E-state index in [2.05, 4.69) is 45.1 Å². The van der Waals surface area contributed by atoms with Gasteiger partial charge < -0.3 is 10.2 Å². The molecule has 2 nitrogen and oxygen atoms in total. The van der Waals surface area contributed by atoms with Crippen molar-refractivity contribution in [3.8, 4) is 0 Å². The van der Waals surface area contributed by atoms with Crippen LogP contribution in [-0.4, -0.2) is 37.1 Å². The molecule has 0 saturated heterocycles. The molecular weight excluding hydrogens is 244 g/mol. The SMILES string of the molecule is CCNC(C1CCC(C)C(C)C1)C1(N(C)C)CCCC1. The van der Waals surface area contributed by atoms with Gasteiger partial charge in [-0.15, -0.1) is 0 Å². The fraction of sp³-hybridized carbons (Fsp3) is 1.00. The van der Waals surface area contributed by atoms with Crippen LogP contribution in [0.4, 0.5) is 0 Å². The normalized spacial score (nSPS) is 35.4. The molecule has 4 unspecified atom stereocenters. The van der Waals surface area contributed by atoms with Crippen LogP contribution < -0.4 is 5.32 Å². The van der Waals surface area contributed by atoms with Gasteiger partial charge in [-0.1, -0.05) is 40.0 Å². The molecule has 0 heterocycles. The minimum Gasteiger partial charge on any atom is -0.312 e. The standard InChI is InChI=1S/C18H36N2/c1-6-19-17(16-10-9-14(2)15(3)13-16)18(20(4)5)11-7-8-12-18/h14-17,19H,6-13H2,1-5H3. The van der Waals surface area contributed by atoms with Gasteiger partial charge >= 0.3 is 0 Å². The molecule has 0 radical (unpaired) electrons. The van der Waals surface area contributed by atoms with Crippen LogP contribution >= 0.6 is 0 Å². The molecule has 0 aromatic heterocycles. The summed E-state index contributed by atoms with van der Waals surface area (Å²) in [6.07, 6.45) is 9.89. The second-order valence-corrected chi connectivity index (χ2v) is 7.77. The fourth-order valence-corrected chi connectivity index (χ4v) is 4.93. The highest BCUT2D eigenvalue weighted by Gasteiger charge is 2.47. The molecule has 2 saturated carbocycles. The van der Waals surface area contributed by atoms with Crippen LogP contribution in [0.5, 0.6) is 0 Å². The molecule has 2 aliphatic carbocycles. The van der Waals surface area contributed by atoms with Crippen molar-refractivity contribution >= 4 is 0 Å². The van der Waals surface area contributed by atoms with Crippen LogP contribution in [0, 0.1) is 17.8 Å². The van der Waals surface area contributed by atoms with E-state index in [4.69, 9.17) is 0 Å². The molecule has 0 aliphatic heterocycles. The van der Waals surface area contributed by atoms with Crippen molar-refractivity contribution in [1.82, 2.24) is 10.2 Å². The average molecular weight is 280 g/mol. The Morgan fingerprint density at radius 1 is 1.10 bits per heavy atom. The molecule has 0 spiro atoms. The van der Waals surface area contributed by atoms with E-state index in [0.717, 1.165) is 24.3 Å². The third-order valence-electron chi connectivity index (χ3n) is 6.47. The number of hydrogen-bond acceptors (Lipinski definition) is 2. The van der Waals surface area contributed by atoms with Crippen molar-refractivity contribution in [1.29, 1.82) is 0 Å². The molecule has 0 amide bonds. The van der Waals surface area contributed by atoms with Gasteiger partial charge in [0.05, 0.1) is 0 Å². The fourth-order valence-electron chi connectivity index (χ4n) is 4.93. The quantitative estimate of drug-likeness (QED) is 0.821. The lowest BCUT2D eigenvalue weighted by Crippen LogP contribution is -2.61. The van der Waals surface area contributed by atoms with Crippen molar-refractivity contribution in [2.75, 3.05) is 20.6 Å². The second-order valence-electron chi connectivity index (χ2n) is 7.77. The predicted molar refractivity (Wildman–Crippen MR) is 88.0 cm³/mol. The van der Waals surface area contributed by atoms with Gasteiger partial charge in [0.1, 0.15) is 0 Å². The highest BCUT2D eigenvalue weighted by Crippen LogP contribution is 2.44. The molecule has 0 bridgehead atoms. The highest BCUT2D eigenvalue weighted by atomic mass is 15.2. The highest BCUT2D eigenvalue weighted by molar-refractivity contribution is 5.05. The first-order valence-electron chi connectivity index (χ1n) is 8.92. The molecule has 4 atom stereocenters. The molecule has 0 aromatic carbocycles. The van der Waals surface area contributed by atoms with Crippen LogP contribution in [0.1, 0.15) is 65.7 Å². The lowest BCUT2D eigenvalue weighted by Gasteiger charge is -2.49. The van der Waals surface area contributed by atoms with Gasteiger partial charge in [-0.3, -0.25) is 0 Å². The van der Waals surface area contributed by atoms with E-state index in [1.807, 2.05) is 0 Å². The molecule has 2 aliphatic rings. The zero-order valence-electron chi connectivity index (χ0n) is 14.4.